The lowest BCUT2D eigenvalue weighted by Gasteiger charge is -2.16. The lowest BCUT2D eigenvalue weighted by atomic mass is 9.98. The Morgan fingerprint density at radius 3 is 2.77 bits per heavy atom. The summed E-state index contributed by atoms with van der Waals surface area (Å²) in [7, 11) is -2.75. The maximum Gasteiger partial charge on any atom is 0.150 e. The Bertz CT molecular complexity index is 251. The fourth-order valence-corrected chi connectivity index (χ4v) is 4.05. The Morgan fingerprint density at radius 2 is 2.31 bits per heavy atom. The van der Waals surface area contributed by atoms with Gasteiger partial charge in [0, 0.05) is 6.04 Å². The summed E-state index contributed by atoms with van der Waals surface area (Å²) < 4.78 is 22.3. The van der Waals surface area contributed by atoms with Crippen molar-refractivity contribution in [2.24, 2.45) is 11.7 Å². The molecule has 5 heteroatoms. The van der Waals surface area contributed by atoms with Gasteiger partial charge in [-0.15, -0.1) is 0 Å². The second kappa shape index (κ2) is 4.66. The van der Waals surface area contributed by atoms with Gasteiger partial charge in [-0.25, -0.2) is 8.42 Å². The van der Waals surface area contributed by atoms with Gasteiger partial charge in [-0.2, -0.15) is 11.8 Å². The summed E-state index contributed by atoms with van der Waals surface area (Å²) >= 11 is 1.76. The van der Waals surface area contributed by atoms with Crippen LogP contribution in [-0.2, 0) is 9.84 Å². The molecule has 0 radical (unpaired) electrons. The van der Waals surface area contributed by atoms with Gasteiger partial charge in [-0.05, 0) is 30.8 Å². The molecule has 0 spiro atoms. The third-order valence-corrected chi connectivity index (χ3v) is 4.97. The van der Waals surface area contributed by atoms with Gasteiger partial charge >= 0.3 is 0 Å². The van der Waals surface area contributed by atoms with Crippen LogP contribution in [0.3, 0.4) is 0 Å². The van der Waals surface area contributed by atoms with Gasteiger partial charge in [0.1, 0.15) is 0 Å². The molecular formula is C8H17NO2S2. The van der Waals surface area contributed by atoms with Crippen molar-refractivity contribution in [3.63, 3.8) is 0 Å². The van der Waals surface area contributed by atoms with Gasteiger partial charge in [0.15, 0.2) is 9.84 Å². The number of hydrogen-bond donors (Lipinski definition) is 1. The lowest BCUT2D eigenvalue weighted by Crippen LogP contribution is -2.31. The average Bonchev–Trinajstić information content (AvgIpc) is 2.42. The molecular weight excluding hydrogens is 206 g/mol. The molecule has 3 nitrogen and oxygen atoms in total. The number of thioether (sulfide) groups is 1. The zero-order valence-corrected chi connectivity index (χ0v) is 9.53. The predicted octanol–water partition coefficient (Wildman–Crippen LogP) is 0.501. The monoisotopic (exact) mass is 223 g/mol. The first-order valence-corrected chi connectivity index (χ1v) is 7.71. The molecule has 1 aliphatic heterocycles. The van der Waals surface area contributed by atoms with Gasteiger partial charge in [-0.1, -0.05) is 0 Å². The molecule has 1 rings (SSSR count). The molecule has 2 atom stereocenters. The highest BCUT2D eigenvalue weighted by Gasteiger charge is 2.31. The third-order valence-electron chi connectivity index (χ3n) is 2.53. The van der Waals surface area contributed by atoms with E-state index >= 15 is 0 Å². The Balaban J connectivity index is 2.37. The molecule has 1 aliphatic rings. The van der Waals surface area contributed by atoms with Crippen molar-refractivity contribution in [1.82, 2.24) is 0 Å². The zero-order chi connectivity index (χ0) is 9.90. The van der Waals surface area contributed by atoms with Gasteiger partial charge in [0.2, 0.25) is 0 Å². The molecule has 0 saturated carbocycles. The first-order chi connectivity index (χ1) is 6.05. The van der Waals surface area contributed by atoms with Crippen molar-refractivity contribution in [3.8, 4) is 0 Å². The molecule has 0 amide bonds. The van der Waals surface area contributed by atoms with E-state index in [1.807, 2.05) is 6.26 Å². The van der Waals surface area contributed by atoms with E-state index in [1.165, 1.54) is 0 Å². The number of nitrogens with two attached hydrogens (primary N) is 1. The van der Waals surface area contributed by atoms with Crippen LogP contribution < -0.4 is 5.73 Å². The molecule has 0 aromatic carbocycles. The molecule has 0 bridgehead atoms. The van der Waals surface area contributed by atoms with E-state index in [0.29, 0.717) is 11.5 Å². The zero-order valence-electron chi connectivity index (χ0n) is 7.90. The topological polar surface area (TPSA) is 60.2 Å². The van der Waals surface area contributed by atoms with Crippen LogP contribution >= 0.6 is 11.8 Å². The van der Waals surface area contributed by atoms with Gasteiger partial charge in [0.05, 0.1) is 11.5 Å². The third kappa shape index (κ3) is 3.48. The molecule has 0 aromatic rings. The standard InChI is InChI=1S/C8H17NO2S2/c1-12-4-2-8(9)7-3-5-13(10,11)6-7/h7-8H,2-6,9H2,1H3. The molecule has 1 fully saturated rings. The van der Waals surface area contributed by atoms with E-state index in [9.17, 15) is 8.42 Å². The maximum absolute atomic E-state index is 11.2. The second-order valence-electron chi connectivity index (χ2n) is 3.61. The number of rotatable bonds is 4. The fraction of sp³-hybridized carbons (Fsp3) is 1.00. The average molecular weight is 223 g/mol. The summed E-state index contributed by atoms with van der Waals surface area (Å²) in [6.07, 6.45) is 3.73. The van der Waals surface area contributed by atoms with Crippen LogP contribution in [0.1, 0.15) is 12.8 Å². The predicted molar refractivity (Wildman–Crippen MR) is 57.7 cm³/mol. The van der Waals surface area contributed by atoms with Crippen LogP contribution in [-0.4, -0.2) is 38.0 Å². The summed E-state index contributed by atoms with van der Waals surface area (Å²) in [5, 5.41) is 0. The summed E-state index contributed by atoms with van der Waals surface area (Å²) in [6.45, 7) is 0. The molecule has 13 heavy (non-hydrogen) atoms. The Morgan fingerprint density at radius 1 is 1.62 bits per heavy atom. The number of hydrogen-bond acceptors (Lipinski definition) is 4. The highest BCUT2D eigenvalue weighted by molar-refractivity contribution is 7.98. The van der Waals surface area contributed by atoms with Crippen LogP contribution in [0.2, 0.25) is 0 Å². The fourth-order valence-electron chi connectivity index (χ4n) is 1.65. The summed E-state index contributed by atoms with van der Waals surface area (Å²) in [5.74, 6) is 1.88. The first kappa shape index (κ1) is 11.3. The first-order valence-electron chi connectivity index (χ1n) is 4.50. The van der Waals surface area contributed by atoms with Crippen LogP contribution in [0.4, 0.5) is 0 Å². The van der Waals surface area contributed by atoms with E-state index in [2.05, 4.69) is 0 Å². The molecule has 78 valence electrons. The van der Waals surface area contributed by atoms with Crippen molar-refractivity contribution < 1.29 is 8.42 Å². The van der Waals surface area contributed by atoms with Crippen LogP contribution in [0.25, 0.3) is 0 Å². The molecule has 2 N–H and O–H groups in total. The highest BCUT2D eigenvalue weighted by Crippen LogP contribution is 2.22. The summed E-state index contributed by atoms with van der Waals surface area (Å²) in [5.41, 5.74) is 5.91. The molecule has 1 heterocycles. The van der Waals surface area contributed by atoms with Crippen molar-refractivity contribution in [1.29, 1.82) is 0 Å². The van der Waals surface area contributed by atoms with Crippen molar-refractivity contribution >= 4 is 21.6 Å². The van der Waals surface area contributed by atoms with E-state index in [0.717, 1.165) is 18.6 Å². The van der Waals surface area contributed by atoms with Crippen LogP contribution in [0.15, 0.2) is 0 Å². The van der Waals surface area contributed by atoms with Gasteiger partial charge < -0.3 is 5.73 Å². The smallest absolute Gasteiger partial charge is 0.150 e. The van der Waals surface area contributed by atoms with E-state index < -0.39 is 9.84 Å². The lowest BCUT2D eigenvalue weighted by molar-refractivity contribution is 0.455. The molecule has 0 aromatic heterocycles. The van der Waals surface area contributed by atoms with E-state index in [1.54, 1.807) is 11.8 Å². The van der Waals surface area contributed by atoms with Crippen LogP contribution in [0, 0.1) is 5.92 Å². The molecule has 2 unspecified atom stereocenters. The Labute approximate surface area is 84.4 Å². The molecule has 1 saturated heterocycles. The minimum absolute atomic E-state index is 0.0738. The summed E-state index contributed by atoms with van der Waals surface area (Å²) in [6, 6.07) is 0.0738. The van der Waals surface area contributed by atoms with Crippen molar-refractivity contribution in [3.05, 3.63) is 0 Å². The largest absolute Gasteiger partial charge is 0.327 e. The van der Waals surface area contributed by atoms with Gasteiger partial charge in [-0.3, -0.25) is 0 Å². The van der Waals surface area contributed by atoms with E-state index in [4.69, 9.17) is 5.73 Å². The quantitative estimate of drug-likeness (QED) is 0.754. The van der Waals surface area contributed by atoms with E-state index in [-0.39, 0.29) is 12.0 Å². The number of sulfone groups is 1. The van der Waals surface area contributed by atoms with Crippen molar-refractivity contribution in [2.75, 3.05) is 23.5 Å². The SMILES string of the molecule is CSCCC(N)C1CCS(=O)(=O)C1. The Hall–Kier alpha value is 0.260. The molecule has 0 aliphatic carbocycles. The van der Waals surface area contributed by atoms with Crippen molar-refractivity contribution in [2.45, 2.75) is 18.9 Å². The highest BCUT2D eigenvalue weighted by atomic mass is 32.2. The minimum atomic E-state index is -2.75. The van der Waals surface area contributed by atoms with Gasteiger partial charge in [0.25, 0.3) is 0 Å². The normalized spacial score (nSPS) is 28.9. The maximum atomic E-state index is 11.2. The van der Waals surface area contributed by atoms with Crippen LogP contribution in [0.5, 0.6) is 0 Å². The summed E-state index contributed by atoms with van der Waals surface area (Å²) in [4.78, 5) is 0. The Kier molecular flexibility index (Phi) is 4.06. The minimum Gasteiger partial charge on any atom is -0.327 e. The second-order valence-corrected chi connectivity index (χ2v) is 6.82.